The molecule has 2 aliphatic rings. The Morgan fingerprint density at radius 3 is 2.44 bits per heavy atom. The Balaban J connectivity index is 1.51. The van der Waals surface area contributed by atoms with Crippen molar-refractivity contribution in [3.8, 4) is 0 Å². The SMILES string of the molecule is C=CC1CC1(NC(=O)CN(CC1CCCC1)C(=O)[C@@H](NC(=O)OC(C)(C)C)C(C)C)C(=O)NS(=O)(=O)c1cccc2cc[nH]c12. The fraction of sp³-hybridized carbons (Fsp3) is 0.562. The maximum Gasteiger partial charge on any atom is 0.408 e. The number of aromatic amines is 1. The highest BCUT2D eigenvalue weighted by molar-refractivity contribution is 7.90. The molecule has 45 heavy (non-hydrogen) atoms. The molecule has 2 aromatic rings. The molecule has 13 heteroatoms. The molecule has 12 nitrogen and oxygen atoms in total. The second-order valence-electron chi connectivity index (χ2n) is 13.4. The third-order valence-electron chi connectivity index (χ3n) is 8.34. The lowest BCUT2D eigenvalue weighted by atomic mass is 10.0. The molecule has 4 rings (SSSR count). The van der Waals surface area contributed by atoms with Gasteiger partial charge in [-0.15, -0.1) is 6.58 Å². The van der Waals surface area contributed by atoms with Gasteiger partial charge in [0.05, 0.1) is 12.1 Å². The lowest BCUT2D eigenvalue weighted by Crippen LogP contribution is -2.57. The zero-order valence-corrected chi connectivity index (χ0v) is 27.5. The Morgan fingerprint density at radius 2 is 1.84 bits per heavy atom. The predicted octanol–water partition coefficient (Wildman–Crippen LogP) is 3.60. The van der Waals surface area contributed by atoms with E-state index in [9.17, 15) is 27.6 Å². The smallest absolute Gasteiger partial charge is 0.408 e. The van der Waals surface area contributed by atoms with Gasteiger partial charge in [0.15, 0.2) is 0 Å². The molecule has 0 saturated heterocycles. The lowest BCUT2D eigenvalue weighted by molar-refractivity contribution is -0.140. The van der Waals surface area contributed by atoms with Crippen LogP contribution in [0.25, 0.3) is 10.9 Å². The molecule has 2 unspecified atom stereocenters. The number of benzene rings is 1. The molecular weight excluding hydrogens is 598 g/mol. The maximum atomic E-state index is 13.9. The van der Waals surface area contributed by atoms with Gasteiger partial charge in [0.25, 0.3) is 15.9 Å². The van der Waals surface area contributed by atoms with Gasteiger partial charge >= 0.3 is 6.09 Å². The van der Waals surface area contributed by atoms with E-state index in [0.717, 1.165) is 25.7 Å². The van der Waals surface area contributed by atoms with Crippen molar-refractivity contribution in [1.29, 1.82) is 0 Å². The summed E-state index contributed by atoms with van der Waals surface area (Å²) in [5, 5.41) is 6.06. The van der Waals surface area contributed by atoms with Gasteiger partial charge in [0, 0.05) is 24.0 Å². The second-order valence-corrected chi connectivity index (χ2v) is 15.1. The van der Waals surface area contributed by atoms with Crippen molar-refractivity contribution in [2.45, 2.75) is 88.8 Å². The quantitative estimate of drug-likeness (QED) is 0.257. The Labute approximate surface area is 264 Å². The summed E-state index contributed by atoms with van der Waals surface area (Å²) in [6, 6.07) is 5.48. The molecule has 1 heterocycles. The molecule has 4 amide bonds. The average Bonchev–Trinajstić information content (AvgIpc) is 3.26. The molecule has 0 radical (unpaired) electrons. The van der Waals surface area contributed by atoms with Gasteiger partial charge in [0.1, 0.15) is 22.1 Å². The van der Waals surface area contributed by atoms with E-state index in [0.29, 0.717) is 17.4 Å². The van der Waals surface area contributed by atoms with Crippen LogP contribution < -0.4 is 15.4 Å². The first-order valence-electron chi connectivity index (χ1n) is 15.4. The first-order chi connectivity index (χ1) is 21.1. The summed E-state index contributed by atoms with van der Waals surface area (Å²) < 4.78 is 34.1. The van der Waals surface area contributed by atoms with Crippen molar-refractivity contribution in [3.63, 3.8) is 0 Å². The van der Waals surface area contributed by atoms with Crippen molar-refractivity contribution < 1.29 is 32.3 Å². The molecule has 4 N–H and O–H groups in total. The first kappa shape index (κ1) is 34.0. The molecule has 3 atom stereocenters. The number of H-pyrrole nitrogens is 1. The molecule has 2 aliphatic carbocycles. The number of alkyl carbamates (subject to hydrolysis) is 1. The summed E-state index contributed by atoms with van der Waals surface area (Å²) in [7, 11) is -4.30. The fourth-order valence-electron chi connectivity index (χ4n) is 5.93. The normalized spacial score (nSPS) is 20.8. The highest BCUT2D eigenvalue weighted by Gasteiger charge is 2.60. The fourth-order valence-corrected chi connectivity index (χ4v) is 7.17. The number of nitrogens with one attached hydrogen (secondary N) is 4. The van der Waals surface area contributed by atoms with Crippen molar-refractivity contribution in [2.75, 3.05) is 13.1 Å². The summed E-state index contributed by atoms with van der Waals surface area (Å²) in [6.45, 7) is 12.4. The van der Waals surface area contributed by atoms with Crippen LogP contribution in [0.1, 0.15) is 66.7 Å². The van der Waals surface area contributed by atoms with E-state index in [1.165, 1.54) is 17.0 Å². The van der Waals surface area contributed by atoms with Crippen LogP contribution in [0.2, 0.25) is 0 Å². The number of aromatic nitrogens is 1. The van der Waals surface area contributed by atoms with E-state index < -0.39 is 56.9 Å². The number of amides is 4. The summed E-state index contributed by atoms with van der Waals surface area (Å²) >= 11 is 0. The number of ether oxygens (including phenoxy) is 1. The number of carbonyl (C=O) groups excluding carboxylic acids is 4. The molecule has 2 fully saturated rings. The number of fused-ring (bicyclic) bond motifs is 1. The van der Waals surface area contributed by atoms with Crippen molar-refractivity contribution >= 4 is 44.7 Å². The molecule has 246 valence electrons. The Morgan fingerprint density at radius 1 is 1.16 bits per heavy atom. The summed E-state index contributed by atoms with van der Waals surface area (Å²) in [4.78, 5) is 57.7. The van der Waals surface area contributed by atoms with Gasteiger partial charge in [0.2, 0.25) is 11.8 Å². The van der Waals surface area contributed by atoms with Gasteiger partial charge < -0.3 is 25.3 Å². The molecular formula is C32H45N5O7S. The van der Waals surface area contributed by atoms with E-state index >= 15 is 0 Å². The van der Waals surface area contributed by atoms with Gasteiger partial charge in [-0.3, -0.25) is 14.4 Å². The van der Waals surface area contributed by atoms with Crippen LogP contribution in [0, 0.1) is 17.8 Å². The van der Waals surface area contributed by atoms with E-state index in [2.05, 4.69) is 26.9 Å². The van der Waals surface area contributed by atoms with E-state index in [1.54, 1.807) is 59.0 Å². The second kappa shape index (κ2) is 13.2. The number of sulfonamides is 1. The van der Waals surface area contributed by atoms with E-state index in [4.69, 9.17) is 4.74 Å². The number of rotatable bonds is 12. The zero-order chi connectivity index (χ0) is 33.2. The van der Waals surface area contributed by atoms with Crippen LogP contribution in [0.5, 0.6) is 0 Å². The van der Waals surface area contributed by atoms with E-state index in [1.807, 2.05) is 0 Å². The summed E-state index contributed by atoms with van der Waals surface area (Å²) in [5.41, 5.74) is -1.95. The first-order valence-corrected chi connectivity index (χ1v) is 16.9. The van der Waals surface area contributed by atoms with E-state index in [-0.39, 0.29) is 29.7 Å². The van der Waals surface area contributed by atoms with Gasteiger partial charge in [-0.1, -0.05) is 44.9 Å². The number of nitrogens with zero attached hydrogens (tertiary/aromatic N) is 1. The maximum absolute atomic E-state index is 13.9. The average molecular weight is 644 g/mol. The number of para-hydroxylation sites is 1. The standard InChI is InChI=1S/C32H45N5O7S/c1-7-23-17-32(23,29(40)36-45(42,43)24-14-10-13-22-15-16-33-27(22)24)35-25(38)19-37(18-21-11-8-9-12-21)28(39)26(20(2)3)34-30(41)44-31(4,5)6/h7,10,13-16,20-21,23,26,33H,1,8-9,11-12,17-19H2,2-6H3,(H,34,41)(H,35,38)(H,36,40)/t23?,26-,32?/m0/s1. The highest BCUT2D eigenvalue weighted by Crippen LogP contribution is 2.45. The number of hydrogen-bond acceptors (Lipinski definition) is 7. The molecule has 0 spiro atoms. The van der Waals surface area contributed by atoms with Crippen LogP contribution in [0.3, 0.4) is 0 Å². The molecule has 1 aromatic carbocycles. The van der Waals surface area contributed by atoms with Gasteiger partial charge in [-0.2, -0.15) is 0 Å². The van der Waals surface area contributed by atoms with Crippen LogP contribution >= 0.6 is 0 Å². The Bertz CT molecular complexity index is 1550. The largest absolute Gasteiger partial charge is 0.444 e. The van der Waals surface area contributed by atoms with Gasteiger partial charge in [-0.25, -0.2) is 17.9 Å². The minimum Gasteiger partial charge on any atom is -0.444 e. The van der Waals surface area contributed by atoms with Crippen molar-refractivity contribution in [1.82, 2.24) is 25.2 Å². The topological polar surface area (TPSA) is 167 Å². The number of hydrogen-bond donors (Lipinski definition) is 4. The molecule has 0 bridgehead atoms. The van der Waals surface area contributed by atoms with Crippen molar-refractivity contribution in [2.24, 2.45) is 17.8 Å². The summed E-state index contributed by atoms with van der Waals surface area (Å²) in [5.74, 6) is -2.56. The Kier molecular flexibility index (Phi) is 10.0. The van der Waals surface area contributed by atoms with Crippen LogP contribution in [0.4, 0.5) is 4.79 Å². The lowest BCUT2D eigenvalue weighted by Gasteiger charge is -2.32. The monoisotopic (exact) mass is 643 g/mol. The Hall–Kier alpha value is -3.87. The molecule has 2 saturated carbocycles. The minimum absolute atomic E-state index is 0.0961. The van der Waals surface area contributed by atoms with Gasteiger partial charge in [-0.05, 0) is 64.0 Å². The predicted molar refractivity (Wildman–Crippen MR) is 169 cm³/mol. The molecule has 0 aliphatic heterocycles. The third-order valence-corrected chi connectivity index (χ3v) is 9.71. The van der Waals surface area contributed by atoms with Crippen molar-refractivity contribution in [3.05, 3.63) is 43.1 Å². The molecule has 1 aromatic heterocycles. The van der Waals surface area contributed by atoms with Crippen LogP contribution in [-0.2, 0) is 29.1 Å². The third kappa shape index (κ3) is 8.05. The highest BCUT2D eigenvalue weighted by atomic mass is 32.2. The van der Waals surface area contributed by atoms with Crippen LogP contribution in [-0.4, -0.2) is 72.4 Å². The summed E-state index contributed by atoms with van der Waals surface area (Å²) in [6.07, 6.45) is 6.39. The number of carbonyl (C=O) groups is 4. The zero-order valence-electron chi connectivity index (χ0n) is 26.6. The minimum atomic E-state index is -4.30. The van der Waals surface area contributed by atoms with Crippen LogP contribution in [0.15, 0.2) is 48.0 Å².